The molecule has 0 bridgehead atoms. The van der Waals surface area contributed by atoms with Crippen molar-refractivity contribution in [3.05, 3.63) is 24.3 Å². The first kappa shape index (κ1) is 20.1. The van der Waals surface area contributed by atoms with Crippen LogP contribution in [0.25, 0.3) is 0 Å². The van der Waals surface area contributed by atoms with Crippen LogP contribution in [0.3, 0.4) is 0 Å². The van der Waals surface area contributed by atoms with Crippen molar-refractivity contribution in [1.82, 2.24) is 10.6 Å². The van der Waals surface area contributed by atoms with Crippen LogP contribution in [-0.4, -0.2) is 49.9 Å². The van der Waals surface area contributed by atoms with E-state index in [1.165, 1.54) is 0 Å². The van der Waals surface area contributed by atoms with E-state index in [0.29, 0.717) is 6.54 Å². The standard InChI is InChI=1S/C20H29N5O3/c21-19(27)14-7-11-25(12-8-14)16-4-1-3-15(13-16)24-18(26)6-10-23-20(28)17-5-2-9-22-17/h1,3-4,13-14,17,22H,2,5-12H2,(H2,21,27)(H,23,28)(H,24,26). The van der Waals surface area contributed by atoms with Crippen LogP contribution in [0.15, 0.2) is 24.3 Å². The van der Waals surface area contributed by atoms with Crippen molar-refractivity contribution in [2.45, 2.75) is 38.1 Å². The fourth-order valence-electron chi connectivity index (χ4n) is 3.76. The van der Waals surface area contributed by atoms with Gasteiger partial charge in [-0.2, -0.15) is 0 Å². The van der Waals surface area contributed by atoms with E-state index in [2.05, 4.69) is 20.9 Å². The van der Waals surface area contributed by atoms with Crippen molar-refractivity contribution in [1.29, 1.82) is 0 Å². The van der Waals surface area contributed by atoms with Crippen LogP contribution in [0, 0.1) is 5.92 Å². The molecule has 8 nitrogen and oxygen atoms in total. The van der Waals surface area contributed by atoms with Crippen LogP contribution < -0.4 is 26.6 Å². The number of rotatable bonds is 7. The number of carbonyl (C=O) groups excluding carboxylic acids is 3. The molecular formula is C20H29N5O3. The molecule has 2 aliphatic rings. The second-order valence-electron chi connectivity index (χ2n) is 7.45. The van der Waals surface area contributed by atoms with Crippen molar-refractivity contribution in [2.24, 2.45) is 11.7 Å². The maximum Gasteiger partial charge on any atom is 0.237 e. The van der Waals surface area contributed by atoms with E-state index in [4.69, 9.17) is 5.73 Å². The van der Waals surface area contributed by atoms with Gasteiger partial charge in [-0.25, -0.2) is 0 Å². The summed E-state index contributed by atoms with van der Waals surface area (Å²) in [6.45, 7) is 2.73. The van der Waals surface area contributed by atoms with Crippen LogP contribution in [0.2, 0.25) is 0 Å². The second-order valence-corrected chi connectivity index (χ2v) is 7.45. The molecule has 0 radical (unpaired) electrons. The highest BCUT2D eigenvalue weighted by Crippen LogP contribution is 2.25. The van der Waals surface area contributed by atoms with Gasteiger partial charge in [-0.15, -0.1) is 0 Å². The number of amides is 3. The lowest BCUT2D eigenvalue weighted by atomic mass is 9.96. The third-order valence-electron chi connectivity index (χ3n) is 5.42. The molecule has 2 fully saturated rings. The molecule has 3 rings (SSSR count). The van der Waals surface area contributed by atoms with Gasteiger partial charge in [0.1, 0.15) is 0 Å². The molecule has 28 heavy (non-hydrogen) atoms. The molecule has 5 N–H and O–H groups in total. The van der Waals surface area contributed by atoms with E-state index in [1.54, 1.807) is 0 Å². The fraction of sp³-hybridized carbons (Fsp3) is 0.550. The van der Waals surface area contributed by atoms with E-state index in [-0.39, 0.29) is 36.1 Å². The number of nitrogens with one attached hydrogen (secondary N) is 3. The first-order valence-corrected chi connectivity index (χ1v) is 9.98. The lowest BCUT2D eigenvalue weighted by molar-refractivity contribution is -0.123. The van der Waals surface area contributed by atoms with E-state index < -0.39 is 0 Å². The summed E-state index contributed by atoms with van der Waals surface area (Å²) in [5, 5.41) is 8.83. The summed E-state index contributed by atoms with van der Waals surface area (Å²) in [6, 6.07) is 7.55. The number of carbonyl (C=O) groups is 3. The molecule has 3 amide bonds. The van der Waals surface area contributed by atoms with Crippen LogP contribution >= 0.6 is 0 Å². The Balaban J connectivity index is 1.44. The third-order valence-corrected chi connectivity index (χ3v) is 5.42. The van der Waals surface area contributed by atoms with Crippen molar-refractivity contribution in [3.8, 4) is 0 Å². The lowest BCUT2D eigenvalue weighted by Crippen LogP contribution is -2.41. The maximum absolute atomic E-state index is 12.2. The summed E-state index contributed by atoms with van der Waals surface area (Å²) in [7, 11) is 0. The average Bonchev–Trinajstić information content (AvgIpc) is 3.23. The zero-order valence-corrected chi connectivity index (χ0v) is 16.1. The second kappa shape index (κ2) is 9.54. The molecule has 2 aliphatic heterocycles. The van der Waals surface area contributed by atoms with Gasteiger partial charge in [0.25, 0.3) is 0 Å². The molecule has 2 heterocycles. The van der Waals surface area contributed by atoms with Crippen molar-refractivity contribution in [3.63, 3.8) is 0 Å². The third kappa shape index (κ3) is 5.45. The Labute approximate surface area is 165 Å². The minimum Gasteiger partial charge on any atom is -0.371 e. The largest absolute Gasteiger partial charge is 0.371 e. The van der Waals surface area contributed by atoms with Crippen LogP contribution in [0.1, 0.15) is 32.1 Å². The SMILES string of the molecule is NC(=O)C1CCN(c2cccc(NC(=O)CCNC(=O)C3CCCN3)c2)CC1. The van der Waals surface area contributed by atoms with E-state index in [9.17, 15) is 14.4 Å². The molecule has 0 aliphatic carbocycles. The number of primary amides is 1. The summed E-state index contributed by atoms with van der Waals surface area (Å²) in [4.78, 5) is 37.6. The molecule has 0 aromatic heterocycles. The minimum absolute atomic E-state index is 0.0355. The van der Waals surface area contributed by atoms with Crippen LogP contribution in [0.4, 0.5) is 11.4 Å². The highest BCUT2D eigenvalue weighted by atomic mass is 16.2. The van der Waals surface area contributed by atoms with Crippen molar-refractivity contribution < 1.29 is 14.4 Å². The Morgan fingerprint density at radius 3 is 2.64 bits per heavy atom. The number of hydrogen-bond acceptors (Lipinski definition) is 5. The molecule has 8 heteroatoms. The molecule has 152 valence electrons. The summed E-state index contributed by atoms with van der Waals surface area (Å²) in [5.74, 6) is -0.443. The van der Waals surface area contributed by atoms with Crippen LogP contribution in [-0.2, 0) is 14.4 Å². The Bertz CT molecular complexity index is 710. The Morgan fingerprint density at radius 1 is 1.18 bits per heavy atom. The highest BCUT2D eigenvalue weighted by Gasteiger charge is 2.23. The first-order chi connectivity index (χ1) is 13.5. The summed E-state index contributed by atoms with van der Waals surface area (Å²) < 4.78 is 0. The zero-order chi connectivity index (χ0) is 19.9. The van der Waals surface area contributed by atoms with Gasteiger partial charge in [0.05, 0.1) is 6.04 Å². The number of nitrogens with two attached hydrogens (primary N) is 1. The fourth-order valence-corrected chi connectivity index (χ4v) is 3.76. The summed E-state index contributed by atoms with van der Waals surface area (Å²) in [6.07, 6.45) is 3.59. The predicted octanol–water partition coefficient (Wildman–Crippen LogP) is 0.585. The van der Waals surface area contributed by atoms with Gasteiger partial charge in [-0.3, -0.25) is 14.4 Å². The molecule has 1 unspecified atom stereocenters. The molecule has 1 aromatic rings. The first-order valence-electron chi connectivity index (χ1n) is 9.98. The predicted molar refractivity (Wildman–Crippen MR) is 108 cm³/mol. The zero-order valence-electron chi connectivity index (χ0n) is 16.1. The van der Waals surface area contributed by atoms with Gasteiger partial charge < -0.3 is 26.6 Å². The van der Waals surface area contributed by atoms with Gasteiger partial charge in [0.2, 0.25) is 17.7 Å². The van der Waals surface area contributed by atoms with E-state index in [1.807, 2.05) is 24.3 Å². The smallest absolute Gasteiger partial charge is 0.237 e. The molecular weight excluding hydrogens is 358 g/mol. The van der Waals surface area contributed by atoms with Crippen molar-refractivity contribution >= 4 is 29.1 Å². The van der Waals surface area contributed by atoms with Gasteiger partial charge >= 0.3 is 0 Å². The van der Waals surface area contributed by atoms with E-state index >= 15 is 0 Å². The highest BCUT2D eigenvalue weighted by molar-refractivity contribution is 5.92. The Hall–Kier alpha value is -2.61. The van der Waals surface area contributed by atoms with E-state index in [0.717, 1.165) is 56.7 Å². The molecule has 2 saturated heterocycles. The van der Waals surface area contributed by atoms with Gasteiger partial charge in [0.15, 0.2) is 0 Å². The minimum atomic E-state index is -0.225. The number of hydrogen-bond donors (Lipinski definition) is 4. The molecule has 0 spiro atoms. The average molecular weight is 387 g/mol. The number of anilines is 2. The van der Waals surface area contributed by atoms with Gasteiger partial charge in [-0.1, -0.05) is 6.07 Å². The molecule has 0 saturated carbocycles. The number of piperidine rings is 1. The Morgan fingerprint density at radius 2 is 1.96 bits per heavy atom. The summed E-state index contributed by atoms with van der Waals surface area (Å²) in [5.41, 5.74) is 7.13. The molecule has 1 aromatic carbocycles. The molecule has 1 atom stereocenters. The number of nitrogens with zero attached hydrogens (tertiary/aromatic N) is 1. The topological polar surface area (TPSA) is 117 Å². The van der Waals surface area contributed by atoms with Crippen LogP contribution in [0.5, 0.6) is 0 Å². The Kier molecular flexibility index (Phi) is 6.86. The number of benzene rings is 1. The van der Waals surface area contributed by atoms with Gasteiger partial charge in [-0.05, 0) is 50.4 Å². The van der Waals surface area contributed by atoms with Crippen molar-refractivity contribution in [2.75, 3.05) is 36.4 Å². The lowest BCUT2D eigenvalue weighted by Gasteiger charge is -2.32. The normalized spacial score (nSPS) is 20.0. The quantitative estimate of drug-likeness (QED) is 0.546. The maximum atomic E-state index is 12.2. The van der Waals surface area contributed by atoms with Gasteiger partial charge in [0, 0.05) is 43.3 Å². The monoisotopic (exact) mass is 387 g/mol. The summed E-state index contributed by atoms with van der Waals surface area (Å²) >= 11 is 0.